The minimum absolute atomic E-state index is 1.09. The summed E-state index contributed by atoms with van der Waals surface area (Å²) in [6.45, 7) is 0. The third-order valence-electron chi connectivity index (χ3n) is 3.55. The van der Waals surface area contributed by atoms with E-state index in [0.717, 1.165) is 5.92 Å². The molecule has 0 amide bonds. The van der Waals surface area contributed by atoms with Crippen molar-refractivity contribution >= 4 is 22.6 Å². The highest BCUT2D eigenvalue weighted by atomic mass is 127. The van der Waals surface area contributed by atoms with Crippen molar-refractivity contribution in [3.8, 4) is 0 Å². The number of unbranched alkanes of at least 4 members (excludes halogenated alkanes) is 4. The lowest BCUT2D eigenvalue weighted by Crippen LogP contribution is -2.05. The lowest BCUT2D eigenvalue weighted by atomic mass is 9.85. The molecule has 0 atom stereocenters. The van der Waals surface area contributed by atoms with Gasteiger partial charge in [0.1, 0.15) is 0 Å². The highest BCUT2D eigenvalue weighted by molar-refractivity contribution is 14.1. The van der Waals surface area contributed by atoms with Gasteiger partial charge in [0.25, 0.3) is 0 Å². The lowest BCUT2D eigenvalue weighted by molar-refractivity contribution is 0.328. The van der Waals surface area contributed by atoms with Gasteiger partial charge in [0.05, 0.1) is 0 Å². The van der Waals surface area contributed by atoms with Gasteiger partial charge in [-0.05, 0) is 22.8 Å². The van der Waals surface area contributed by atoms with E-state index in [1.807, 2.05) is 0 Å². The Bertz CT molecular complexity index is 157. The van der Waals surface area contributed by atoms with Gasteiger partial charge in [-0.15, -0.1) is 0 Å². The van der Waals surface area contributed by atoms with Gasteiger partial charge in [0.2, 0.25) is 0 Å². The minimum atomic E-state index is 1.09. The molecular weight excluding hydrogens is 295 g/mol. The molecule has 0 radical (unpaired) electrons. The van der Waals surface area contributed by atoms with Crippen LogP contribution in [0.4, 0.5) is 0 Å². The van der Waals surface area contributed by atoms with Gasteiger partial charge in [-0.3, -0.25) is 0 Å². The molecule has 88 valence electrons. The summed E-state index contributed by atoms with van der Waals surface area (Å²) in [5.74, 6) is 1.09. The molecule has 1 fully saturated rings. The molecule has 0 N–H and O–H groups in total. The van der Waals surface area contributed by atoms with E-state index in [1.54, 1.807) is 0 Å². The Morgan fingerprint density at radius 1 is 0.933 bits per heavy atom. The highest BCUT2D eigenvalue weighted by Gasteiger charge is 2.12. The quantitative estimate of drug-likeness (QED) is 0.407. The first-order chi connectivity index (χ1) is 7.43. The average Bonchev–Trinajstić information content (AvgIpc) is 2.29. The predicted octanol–water partition coefficient (Wildman–Crippen LogP) is 5.86. The highest BCUT2D eigenvalue weighted by Crippen LogP contribution is 2.27. The number of halogens is 1. The number of allylic oxidation sites excluding steroid dienone is 1. The van der Waals surface area contributed by atoms with Crippen LogP contribution in [0.25, 0.3) is 0 Å². The maximum atomic E-state index is 2.30. The van der Waals surface area contributed by atoms with Gasteiger partial charge in [-0.2, -0.15) is 0 Å². The smallest absolute Gasteiger partial charge is 0.0274 e. The summed E-state index contributed by atoms with van der Waals surface area (Å²) in [6, 6.07) is 0. The van der Waals surface area contributed by atoms with Crippen molar-refractivity contribution in [2.24, 2.45) is 5.92 Å². The van der Waals surface area contributed by atoms with Crippen LogP contribution in [0.5, 0.6) is 0 Å². The molecule has 1 aliphatic rings. The summed E-state index contributed by atoms with van der Waals surface area (Å²) in [5.41, 5.74) is 0. The Morgan fingerprint density at radius 3 is 2.40 bits per heavy atom. The summed E-state index contributed by atoms with van der Waals surface area (Å²) in [7, 11) is 0. The Hall–Kier alpha value is 0.470. The maximum Gasteiger partial charge on any atom is -0.0274 e. The van der Waals surface area contributed by atoms with E-state index in [-0.39, 0.29) is 0 Å². The van der Waals surface area contributed by atoms with Crippen molar-refractivity contribution in [1.82, 2.24) is 0 Å². The fourth-order valence-corrected chi connectivity index (χ4v) is 2.95. The first kappa shape index (κ1) is 13.5. The van der Waals surface area contributed by atoms with Gasteiger partial charge in [0, 0.05) is 0 Å². The van der Waals surface area contributed by atoms with E-state index in [1.165, 1.54) is 70.6 Å². The summed E-state index contributed by atoms with van der Waals surface area (Å²) >= 11 is 2.30. The zero-order chi connectivity index (χ0) is 10.8. The van der Waals surface area contributed by atoms with Crippen LogP contribution in [0, 0.1) is 5.92 Å². The molecule has 15 heavy (non-hydrogen) atoms. The molecule has 0 heterocycles. The van der Waals surface area contributed by atoms with Crippen LogP contribution in [0.3, 0.4) is 0 Å². The van der Waals surface area contributed by atoms with E-state index < -0.39 is 0 Å². The average molecular weight is 320 g/mol. The Labute approximate surface area is 109 Å². The molecule has 0 nitrogen and oxygen atoms in total. The molecule has 0 aromatic carbocycles. The maximum absolute atomic E-state index is 2.30. The van der Waals surface area contributed by atoms with E-state index in [9.17, 15) is 0 Å². The number of hydrogen-bond acceptors (Lipinski definition) is 0. The van der Waals surface area contributed by atoms with Crippen molar-refractivity contribution in [1.29, 1.82) is 0 Å². The van der Waals surface area contributed by atoms with Crippen molar-refractivity contribution in [3.05, 3.63) is 10.2 Å². The molecule has 0 aliphatic heterocycles. The standard InChI is InChI=1S/C14H25I/c15-13-9-4-2-1-3-6-10-14-11-7-5-8-12-14/h9,13-14H,1-8,10-12H2/b13-9+. The second-order valence-electron chi connectivity index (χ2n) is 4.86. The fraction of sp³-hybridized carbons (Fsp3) is 0.857. The van der Waals surface area contributed by atoms with E-state index >= 15 is 0 Å². The summed E-state index contributed by atoms with van der Waals surface area (Å²) in [4.78, 5) is 0. The zero-order valence-corrected chi connectivity index (χ0v) is 12.0. The van der Waals surface area contributed by atoms with Gasteiger partial charge >= 0.3 is 0 Å². The van der Waals surface area contributed by atoms with Gasteiger partial charge in [-0.25, -0.2) is 0 Å². The van der Waals surface area contributed by atoms with Crippen molar-refractivity contribution in [2.75, 3.05) is 0 Å². The number of rotatable bonds is 7. The van der Waals surface area contributed by atoms with Crippen LogP contribution in [0.2, 0.25) is 0 Å². The van der Waals surface area contributed by atoms with Crippen LogP contribution >= 0.6 is 22.6 Å². The van der Waals surface area contributed by atoms with Gasteiger partial charge < -0.3 is 0 Å². The normalized spacial score (nSPS) is 18.7. The van der Waals surface area contributed by atoms with Crippen LogP contribution in [-0.2, 0) is 0 Å². The summed E-state index contributed by atoms with van der Waals surface area (Å²) < 4.78 is 2.14. The minimum Gasteiger partial charge on any atom is -0.0785 e. The van der Waals surface area contributed by atoms with Gasteiger partial charge in [0.15, 0.2) is 0 Å². The second kappa shape index (κ2) is 9.68. The monoisotopic (exact) mass is 320 g/mol. The van der Waals surface area contributed by atoms with Crippen LogP contribution < -0.4 is 0 Å². The molecule has 1 aliphatic carbocycles. The molecule has 1 rings (SSSR count). The largest absolute Gasteiger partial charge is 0.0785 e. The SMILES string of the molecule is I/C=C/CCCCCCC1CCCCC1. The molecule has 0 unspecified atom stereocenters. The first-order valence-electron chi connectivity index (χ1n) is 6.68. The van der Waals surface area contributed by atoms with Crippen LogP contribution in [0.1, 0.15) is 70.6 Å². The molecule has 0 aromatic rings. The number of hydrogen-bond donors (Lipinski definition) is 0. The van der Waals surface area contributed by atoms with Crippen LogP contribution in [0.15, 0.2) is 10.2 Å². The first-order valence-corrected chi connectivity index (χ1v) is 7.93. The second-order valence-corrected chi connectivity index (χ2v) is 5.58. The Kier molecular flexibility index (Phi) is 8.73. The third-order valence-corrected chi connectivity index (χ3v) is 4.06. The Morgan fingerprint density at radius 2 is 1.67 bits per heavy atom. The van der Waals surface area contributed by atoms with Gasteiger partial charge in [-0.1, -0.05) is 86.5 Å². The third kappa shape index (κ3) is 7.37. The summed E-state index contributed by atoms with van der Waals surface area (Å²) in [6.07, 6.45) is 18.4. The van der Waals surface area contributed by atoms with Crippen molar-refractivity contribution in [3.63, 3.8) is 0 Å². The molecule has 1 heteroatoms. The van der Waals surface area contributed by atoms with E-state index in [4.69, 9.17) is 0 Å². The lowest BCUT2D eigenvalue weighted by Gasteiger charge is -2.21. The summed E-state index contributed by atoms with van der Waals surface area (Å²) in [5, 5.41) is 0. The molecule has 0 saturated heterocycles. The Balaban J connectivity index is 1.83. The van der Waals surface area contributed by atoms with E-state index in [2.05, 4.69) is 32.7 Å². The molecule has 0 spiro atoms. The van der Waals surface area contributed by atoms with Crippen LogP contribution in [-0.4, -0.2) is 0 Å². The molecule has 0 aromatic heterocycles. The molecule has 0 bridgehead atoms. The molecule has 1 saturated carbocycles. The topological polar surface area (TPSA) is 0 Å². The fourth-order valence-electron chi connectivity index (χ4n) is 2.59. The van der Waals surface area contributed by atoms with Crippen molar-refractivity contribution < 1.29 is 0 Å². The van der Waals surface area contributed by atoms with E-state index in [0.29, 0.717) is 0 Å². The van der Waals surface area contributed by atoms with Crippen molar-refractivity contribution in [2.45, 2.75) is 70.6 Å². The molecular formula is C14H25I. The predicted molar refractivity (Wildman–Crippen MR) is 77.4 cm³/mol. The zero-order valence-electron chi connectivity index (χ0n) is 9.89.